The average molecular weight is 440 g/mol. The third-order valence-electron chi connectivity index (χ3n) is 5.95. The zero-order valence-electron chi connectivity index (χ0n) is 17.9. The van der Waals surface area contributed by atoms with E-state index in [0.717, 1.165) is 18.4 Å². The Balaban J connectivity index is 1.40. The molecule has 1 aliphatic rings. The summed E-state index contributed by atoms with van der Waals surface area (Å²) in [5.41, 5.74) is 1.15. The van der Waals surface area contributed by atoms with Gasteiger partial charge >= 0.3 is 0 Å². The maximum absolute atomic E-state index is 13.1. The SMILES string of the molecule is O=c1c(OCCCCCCC2CCCCN2)c(-c2cccc(Cl)c2)oc2ccccc12. The molecule has 5 heteroatoms. The first kappa shape index (κ1) is 21.9. The van der Waals surface area contributed by atoms with E-state index in [4.69, 9.17) is 20.8 Å². The minimum atomic E-state index is -0.139. The van der Waals surface area contributed by atoms with Crippen molar-refractivity contribution >= 4 is 22.6 Å². The largest absolute Gasteiger partial charge is 0.486 e. The summed E-state index contributed by atoms with van der Waals surface area (Å²) < 4.78 is 12.1. The number of nitrogens with one attached hydrogen (secondary N) is 1. The van der Waals surface area contributed by atoms with Crippen LogP contribution in [0.15, 0.2) is 57.7 Å². The molecule has 1 fully saturated rings. The van der Waals surface area contributed by atoms with Gasteiger partial charge in [0.15, 0.2) is 5.76 Å². The third-order valence-corrected chi connectivity index (χ3v) is 6.18. The van der Waals surface area contributed by atoms with Crippen LogP contribution in [0.3, 0.4) is 0 Å². The van der Waals surface area contributed by atoms with E-state index >= 15 is 0 Å². The summed E-state index contributed by atoms with van der Waals surface area (Å²) in [5, 5.41) is 4.73. The van der Waals surface area contributed by atoms with Crippen LogP contribution in [0.5, 0.6) is 5.75 Å². The van der Waals surface area contributed by atoms with E-state index in [1.54, 1.807) is 24.3 Å². The predicted octanol–water partition coefficient (Wildman–Crippen LogP) is 6.58. The van der Waals surface area contributed by atoms with Crippen LogP contribution in [0.2, 0.25) is 5.02 Å². The summed E-state index contributed by atoms with van der Waals surface area (Å²) in [6, 6.07) is 15.3. The smallest absolute Gasteiger partial charge is 0.235 e. The highest BCUT2D eigenvalue weighted by Crippen LogP contribution is 2.32. The van der Waals surface area contributed by atoms with E-state index in [1.807, 2.05) is 24.3 Å². The van der Waals surface area contributed by atoms with E-state index in [9.17, 15) is 4.79 Å². The molecular formula is C26H30ClNO3. The number of fused-ring (bicyclic) bond motifs is 1. The standard InChI is InChI=1S/C26H30ClNO3/c27-20-11-9-10-19(18-20)25-26(24(29)22-14-4-5-15-23(22)31-25)30-17-8-2-1-3-12-21-13-6-7-16-28-21/h4-5,9-11,14-15,18,21,28H,1-3,6-8,12-13,16-17H2. The minimum Gasteiger partial charge on any atom is -0.486 e. The summed E-state index contributed by atoms with van der Waals surface area (Å²) >= 11 is 6.17. The van der Waals surface area contributed by atoms with E-state index in [1.165, 1.54) is 45.1 Å². The number of piperidine rings is 1. The van der Waals surface area contributed by atoms with Gasteiger partial charge in [0, 0.05) is 16.6 Å². The van der Waals surface area contributed by atoms with Gasteiger partial charge in [0.25, 0.3) is 0 Å². The van der Waals surface area contributed by atoms with Gasteiger partial charge in [-0.1, -0.05) is 61.5 Å². The fraction of sp³-hybridized carbons (Fsp3) is 0.423. The van der Waals surface area contributed by atoms with Gasteiger partial charge in [0.1, 0.15) is 5.58 Å². The Hall–Kier alpha value is -2.30. The van der Waals surface area contributed by atoms with Crippen molar-refractivity contribution in [1.82, 2.24) is 5.32 Å². The van der Waals surface area contributed by atoms with E-state index < -0.39 is 0 Å². The Kier molecular flexibility index (Phi) is 7.66. The first-order chi connectivity index (χ1) is 15.2. The van der Waals surface area contributed by atoms with Crippen molar-refractivity contribution < 1.29 is 9.15 Å². The lowest BCUT2D eigenvalue weighted by Gasteiger charge is -2.23. The van der Waals surface area contributed by atoms with Crippen LogP contribution in [-0.2, 0) is 0 Å². The van der Waals surface area contributed by atoms with Gasteiger partial charge in [0.2, 0.25) is 11.2 Å². The number of rotatable bonds is 9. The highest BCUT2D eigenvalue weighted by atomic mass is 35.5. The Bertz CT molecular complexity index is 1060. The molecule has 1 aromatic heterocycles. The molecule has 0 amide bonds. The fourth-order valence-electron chi connectivity index (χ4n) is 4.27. The van der Waals surface area contributed by atoms with Crippen molar-refractivity contribution in [3.05, 3.63) is 63.8 Å². The van der Waals surface area contributed by atoms with Gasteiger partial charge < -0.3 is 14.5 Å². The first-order valence-corrected chi connectivity index (χ1v) is 11.8. The normalized spacial score (nSPS) is 16.5. The zero-order chi connectivity index (χ0) is 21.5. The highest BCUT2D eigenvalue weighted by molar-refractivity contribution is 6.30. The van der Waals surface area contributed by atoms with Crippen LogP contribution in [0.1, 0.15) is 51.4 Å². The van der Waals surface area contributed by atoms with Gasteiger partial charge in [-0.25, -0.2) is 0 Å². The number of unbranched alkanes of at least 4 members (excludes halogenated alkanes) is 3. The van der Waals surface area contributed by atoms with Crippen LogP contribution in [-0.4, -0.2) is 19.2 Å². The quantitative estimate of drug-likeness (QED) is 0.382. The summed E-state index contributed by atoms with van der Waals surface area (Å²) in [4.78, 5) is 13.1. The number of halogens is 1. The fourth-order valence-corrected chi connectivity index (χ4v) is 4.46. The second-order valence-electron chi connectivity index (χ2n) is 8.29. The molecule has 4 rings (SSSR count). The van der Waals surface area contributed by atoms with Gasteiger partial charge in [-0.05, 0) is 56.5 Å². The molecule has 1 atom stereocenters. The van der Waals surface area contributed by atoms with Gasteiger partial charge in [-0.15, -0.1) is 0 Å². The lowest BCUT2D eigenvalue weighted by molar-refractivity contribution is 0.295. The van der Waals surface area contributed by atoms with Crippen molar-refractivity contribution in [3.8, 4) is 17.1 Å². The molecule has 0 saturated carbocycles. The predicted molar refractivity (Wildman–Crippen MR) is 127 cm³/mol. The summed E-state index contributed by atoms with van der Waals surface area (Å²) in [6.45, 7) is 1.67. The molecule has 0 aliphatic carbocycles. The molecule has 2 heterocycles. The molecule has 4 nitrogen and oxygen atoms in total. The number of hydrogen-bond donors (Lipinski definition) is 1. The van der Waals surface area contributed by atoms with E-state index in [-0.39, 0.29) is 11.2 Å². The molecule has 1 N–H and O–H groups in total. The second-order valence-corrected chi connectivity index (χ2v) is 8.73. The van der Waals surface area contributed by atoms with Crippen molar-refractivity contribution in [2.24, 2.45) is 0 Å². The summed E-state index contributed by atoms with van der Waals surface area (Å²) in [5.74, 6) is 0.710. The molecule has 1 saturated heterocycles. The number of benzene rings is 2. The Morgan fingerprint density at radius 3 is 2.74 bits per heavy atom. The van der Waals surface area contributed by atoms with Crippen molar-refractivity contribution in [3.63, 3.8) is 0 Å². The molecule has 1 aliphatic heterocycles. The Morgan fingerprint density at radius 2 is 1.90 bits per heavy atom. The lowest BCUT2D eigenvalue weighted by Crippen LogP contribution is -2.33. The Labute approximate surface area is 188 Å². The molecule has 2 aromatic carbocycles. The number of para-hydroxylation sites is 1. The second kappa shape index (κ2) is 10.8. The van der Waals surface area contributed by atoms with Crippen LogP contribution in [0.25, 0.3) is 22.3 Å². The molecule has 164 valence electrons. The number of ether oxygens (including phenoxy) is 1. The highest BCUT2D eigenvalue weighted by Gasteiger charge is 2.18. The average Bonchev–Trinajstić information content (AvgIpc) is 2.80. The maximum Gasteiger partial charge on any atom is 0.235 e. The van der Waals surface area contributed by atoms with Crippen LogP contribution in [0, 0.1) is 0 Å². The first-order valence-electron chi connectivity index (χ1n) is 11.4. The van der Waals surface area contributed by atoms with Crippen molar-refractivity contribution in [2.75, 3.05) is 13.2 Å². The Morgan fingerprint density at radius 1 is 1.03 bits per heavy atom. The molecule has 0 bridgehead atoms. The van der Waals surface area contributed by atoms with Gasteiger partial charge in [-0.2, -0.15) is 0 Å². The van der Waals surface area contributed by atoms with Crippen LogP contribution in [0.4, 0.5) is 0 Å². The topological polar surface area (TPSA) is 51.5 Å². The van der Waals surface area contributed by atoms with Crippen LogP contribution >= 0.6 is 11.6 Å². The monoisotopic (exact) mass is 439 g/mol. The molecule has 31 heavy (non-hydrogen) atoms. The number of hydrogen-bond acceptors (Lipinski definition) is 4. The van der Waals surface area contributed by atoms with E-state index in [2.05, 4.69) is 5.32 Å². The van der Waals surface area contributed by atoms with Crippen molar-refractivity contribution in [2.45, 2.75) is 57.4 Å². The van der Waals surface area contributed by atoms with Crippen LogP contribution < -0.4 is 15.5 Å². The summed E-state index contributed by atoms with van der Waals surface area (Å²) in [7, 11) is 0. The molecular weight excluding hydrogens is 410 g/mol. The minimum absolute atomic E-state index is 0.139. The molecule has 3 aromatic rings. The molecule has 0 spiro atoms. The van der Waals surface area contributed by atoms with Gasteiger partial charge in [-0.3, -0.25) is 4.79 Å². The maximum atomic E-state index is 13.1. The zero-order valence-corrected chi connectivity index (χ0v) is 18.6. The lowest BCUT2D eigenvalue weighted by atomic mass is 9.99. The third kappa shape index (κ3) is 5.69. The molecule has 1 unspecified atom stereocenters. The summed E-state index contributed by atoms with van der Waals surface area (Å²) in [6.07, 6.45) is 9.68. The molecule has 0 radical (unpaired) electrons. The van der Waals surface area contributed by atoms with Gasteiger partial charge in [0.05, 0.1) is 12.0 Å². The van der Waals surface area contributed by atoms with E-state index in [0.29, 0.717) is 34.4 Å². The van der Waals surface area contributed by atoms with Crippen molar-refractivity contribution in [1.29, 1.82) is 0 Å².